The Kier molecular flexibility index (Phi) is 4.73. The van der Waals surface area contributed by atoms with Crippen molar-refractivity contribution in [3.63, 3.8) is 0 Å². The van der Waals surface area contributed by atoms with Crippen LogP contribution in [-0.2, 0) is 15.1 Å². The molecule has 3 rings (SSSR count). The normalized spacial score (nSPS) is 19.4. The van der Waals surface area contributed by atoms with Gasteiger partial charge in [-0.25, -0.2) is 27.9 Å². The van der Waals surface area contributed by atoms with Gasteiger partial charge in [0.1, 0.15) is 11.2 Å². The molecular formula is C19H16F3N3O2. The van der Waals surface area contributed by atoms with Gasteiger partial charge in [-0.1, -0.05) is 6.07 Å². The monoisotopic (exact) mass is 375 g/mol. The number of aromatic nitrogens is 1. The molecule has 0 aliphatic carbocycles. The molecule has 1 aliphatic heterocycles. The third kappa shape index (κ3) is 3.18. The number of methoxy groups -OCH3 is 1. The highest BCUT2D eigenvalue weighted by atomic mass is 19.2. The first-order valence-electron chi connectivity index (χ1n) is 8.01. The van der Waals surface area contributed by atoms with E-state index < -0.39 is 29.0 Å². The van der Waals surface area contributed by atoms with Crippen LogP contribution in [0.1, 0.15) is 25.1 Å². The molecule has 2 aromatic rings. The number of benzene rings is 1. The maximum Gasteiger partial charge on any atom is 0.338 e. The lowest BCUT2D eigenvalue weighted by atomic mass is 9.82. The van der Waals surface area contributed by atoms with E-state index >= 15 is 0 Å². The summed E-state index contributed by atoms with van der Waals surface area (Å²) in [4.78, 5) is 20.8. The number of halogens is 3. The van der Waals surface area contributed by atoms with Crippen LogP contribution >= 0.6 is 0 Å². The average Bonchev–Trinajstić information content (AvgIpc) is 2.63. The van der Waals surface area contributed by atoms with Crippen molar-refractivity contribution in [2.24, 2.45) is 4.99 Å². The minimum atomic E-state index is -1.45. The van der Waals surface area contributed by atoms with Gasteiger partial charge in [-0.2, -0.15) is 0 Å². The van der Waals surface area contributed by atoms with E-state index in [1.807, 2.05) is 0 Å². The number of rotatable bonds is 3. The number of hydrogen-bond donors (Lipinski definition) is 1. The fourth-order valence-electron chi connectivity index (χ4n) is 3.05. The van der Waals surface area contributed by atoms with Crippen molar-refractivity contribution in [3.05, 3.63) is 76.5 Å². The van der Waals surface area contributed by atoms with Gasteiger partial charge >= 0.3 is 5.97 Å². The predicted molar refractivity (Wildman–Crippen MR) is 92.3 cm³/mol. The van der Waals surface area contributed by atoms with E-state index in [-0.39, 0.29) is 22.7 Å². The SMILES string of the molecule is COC(=O)C1=C(C)NC(c2ncccc2F)=NC1(C)c1ccc(F)c(F)c1. The van der Waals surface area contributed by atoms with Gasteiger partial charge in [-0.15, -0.1) is 0 Å². The summed E-state index contributed by atoms with van der Waals surface area (Å²) in [5, 5.41) is 2.85. The Labute approximate surface area is 153 Å². The summed E-state index contributed by atoms with van der Waals surface area (Å²) >= 11 is 0. The third-order valence-electron chi connectivity index (χ3n) is 4.36. The third-order valence-corrected chi connectivity index (χ3v) is 4.36. The molecule has 0 saturated heterocycles. The van der Waals surface area contributed by atoms with Crippen molar-refractivity contribution < 1.29 is 22.7 Å². The number of allylic oxidation sites excluding steroid dienone is 1. The quantitative estimate of drug-likeness (QED) is 0.837. The van der Waals surface area contributed by atoms with Gasteiger partial charge in [-0.05, 0) is 43.7 Å². The second kappa shape index (κ2) is 6.86. The Hall–Kier alpha value is -3.16. The molecule has 1 aromatic carbocycles. The van der Waals surface area contributed by atoms with E-state index in [0.717, 1.165) is 12.1 Å². The molecule has 0 saturated carbocycles. The lowest BCUT2D eigenvalue weighted by molar-refractivity contribution is -0.137. The average molecular weight is 375 g/mol. The van der Waals surface area contributed by atoms with Crippen LogP contribution in [0.3, 0.4) is 0 Å². The molecule has 1 unspecified atom stereocenters. The topological polar surface area (TPSA) is 63.6 Å². The summed E-state index contributed by atoms with van der Waals surface area (Å²) in [5.41, 5.74) is -0.873. The summed E-state index contributed by atoms with van der Waals surface area (Å²) in [7, 11) is 1.20. The molecule has 1 aliphatic rings. The number of esters is 1. The molecule has 1 N–H and O–H groups in total. The van der Waals surface area contributed by atoms with Crippen LogP contribution in [0.25, 0.3) is 0 Å². The van der Waals surface area contributed by atoms with Gasteiger partial charge in [0.05, 0.1) is 12.7 Å². The van der Waals surface area contributed by atoms with Crippen molar-refractivity contribution in [2.75, 3.05) is 7.11 Å². The minimum absolute atomic E-state index is 0.0606. The van der Waals surface area contributed by atoms with E-state index in [2.05, 4.69) is 15.3 Å². The zero-order valence-corrected chi connectivity index (χ0v) is 14.8. The first kappa shape index (κ1) is 18.6. The van der Waals surface area contributed by atoms with Crippen LogP contribution in [0, 0.1) is 17.5 Å². The molecule has 0 amide bonds. The second-order valence-corrected chi connectivity index (χ2v) is 6.11. The van der Waals surface area contributed by atoms with Gasteiger partial charge in [-0.3, -0.25) is 0 Å². The molecule has 0 fully saturated rings. The largest absolute Gasteiger partial charge is 0.466 e. The Morgan fingerprint density at radius 2 is 1.89 bits per heavy atom. The van der Waals surface area contributed by atoms with Crippen LogP contribution in [0.5, 0.6) is 0 Å². The zero-order valence-electron chi connectivity index (χ0n) is 14.8. The Balaban J connectivity index is 2.25. The summed E-state index contributed by atoms with van der Waals surface area (Å²) < 4.78 is 46.3. The minimum Gasteiger partial charge on any atom is -0.466 e. The number of nitrogens with zero attached hydrogens (tertiary/aromatic N) is 2. The van der Waals surface area contributed by atoms with Gasteiger partial charge in [0, 0.05) is 11.9 Å². The van der Waals surface area contributed by atoms with Crippen molar-refractivity contribution >= 4 is 11.8 Å². The Morgan fingerprint density at radius 1 is 1.15 bits per heavy atom. The van der Waals surface area contributed by atoms with Gasteiger partial charge in [0.25, 0.3) is 0 Å². The number of ether oxygens (including phenoxy) is 1. The van der Waals surface area contributed by atoms with Crippen molar-refractivity contribution in [2.45, 2.75) is 19.4 Å². The molecule has 140 valence electrons. The standard InChI is InChI=1S/C19H16F3N3O2/c1-10-15(18(26)27-3)19(2,11-6-7-12(20)14(22)9-11)25-17(24-10)16-13(21)5-4-8-23-16/h4-9H,1-3H3,(H,24,25). The molecular weight excluding hydrogens is 359 g/mol. The molecule has 0 spiro atoms. The van der Waals surface area contributed by atoms with Gasteiger partial charge in [0.2, 0.25) is 0 Å². The molecule has 1 aromatic heterocycles. The first-order chi connectivity index (χ1) is 12.8. The summed E-state index contributed by atoms with van der Waals surface area (Å²) in [6.07, 6.45) is 1.40. The zero-order chi connectivity index (χ0) is 19.8. The van der Waals surface area contributed by atoms with E-state index in [1.165, 1.54) is 38.4 Å². The highest BCUT2D eigenvalue weighted by Gasteiger charge is 2.41. The van der Waals surface area contributed by atoms with Crippen LogP contribution in [0.4, 0.5) is 13.2 Å². The summed E-state index contributed by atoms with van der Waals surface area (Å²) in [6.45, 7) is 3.12. The number of amidine groups is 1. The lowest BCUT2D eigenvalue weighted by Crippen LogP contribution is -2.41. The summed E-state index contributed by atoms with van der Waals surface area (Å²) in [5.74, 6) is -3.38. The number of hydrogen-bond acceptors (Lipinski definition) is 5. The lowest BCUT2D eigenvalue weighted by Gasteiger charge is -2.34. The molecule has 5 nitrogen and oxygen atoms in total. The molecule has 27 heavy (non-hydrogen) atoms. The van der Waals surface area contributed by atoms with E-state index in [0.29, 0.717) is 5.70 Å². The van der Waals surface area contributed by atoms with Gasteiger partial charge < -0.3 is 10.1 Å². The van der Waals surface area contributed by atoms with Gasteiger partial charge in [0.15, 0.2) is 23.3 Å². The van der Waals surface area contributed by atoms with Crippen molar-refractivity contribution in [3.8, 4) is 0 Å². The van der Waals surface area contributed by atoms with E-state index in [9.17, 15) is 18.0 Å². The highest BCUT2D eigenvalue weighted by Crippen LogP contribution is 2.39. The van der Waals surface area contributed by atoms with Crippen molar-refractivity contribution in [1.29, 1.82) is 0 Å². The second-order valence-electron chi connectivity index (χ2n) is 6.11. The van der Waals surface area contributed by atoms with E-state index in [1.54, 1.807) is 6.92 Å². The smallest absolute Gasteiger partial charge is 0.338 e. The van der Waals surface area contributed by atoms with Crippen LogP contribution in [0.2, 0.25) is 0 Å². The highest BCUT2D eigenvalue weighted by molar-refractivity contribution is 6.03. The number of nitrogens with one attached hydrogen (secondary N) is 1. The fourth-order valence-corrected chi connectivity index (χ4v) is 3.05. The van der Waals surface area contributed by atoms with Crippen LogP contribution in [-0.4, -0.2) is 23.9 Å². The number of aliphatic imine (C=N–C) groups is 1. The fraction of sp³-hybridized carbons (Fsp3) is 0.211. The number of pyridine rings is 1. The predicted octanol–water partition coefficient (Wildman–Crippen LogP) is 3.21. The van der Waals surface area contributed by atoms with Crippen molar-refractivity contribution in [1.82, 2.24) is 10.3 Å². The first-order valence-corrected chi connectivity index (χ1v) is 8.01. The summed E-state index contributed by atoms with van der Waals surface area (Å²) in [6, 6.07) is 5.86. The van der Waals surface area contributed by atoms with Crippen LogP contribution in [0.15, 0.2) is 52.8 Å². The Morgan fingerprint density at radius 3 is 2.52 bits per heavy atom. The van der Waals surface area contributed by atoms with Crippen LogP contribution < -0.4 is 5.32 Å². The van der Waals surface area contributed by atoms with E-state index in [4.69, 9.17) is 4.74 Å². The number of carbonyl (C=O) groups is 1. The Bertz CT molecular complexity index is 988. The molecule has 2 heterocycles. The maximum absolute atomic E-state index is 14.2. The molecule has 8 heteroatoms. The number of carbonyl (C=O) groups excluding carboxylic acids is 1. The molecule has 0 bridgehead atoms. The maximum atomic E-state index is 14.2. The molecule has 1 atom stereocenters. The molecule has 0 radical (unpaired) electrons.